The van der Waals surface area contributed by atoms with E-state index in [2.05, 4.69) is 55.9 Å². The first-order chi connectivity index (χ1) is 9.84. The van der Waals surface area contributed by atoms with Crippen molar-refractivity contribution in [2.45, 2.75) is 33.1 Å². The highest BCUT2D eigenvalue weighted by Gasteiger charge is 2.16. The van der Waals surface area contributed by atoms with Crippen LogP contribution in [0.1, 0.15) is 31.2 Å². The molecule has 0 bridgehead atoms. The number of benzene rings is 1. The number of rotatable bonds is 1. The topological polar surface area (TPSA) is 25.8 Å². The van der Waals surface area contributed by atoms with Crippen LogP contribution in [0.2, 0.25) is 5.15 Å². The van der Waals surface area contributed by atoms with Gasteiger partial charge in [-0.1, -0.05) is 38.4 Å². The first-order valence-electron chi connectivity index (χ1n) is 6.89. The van der Waals surface area contributed by atoms with Crippen molar-refractivity contribution in [1.29, 1.82) is 0 Å². The molecule has 0 atom stereocenters. The third-order valence-corrected chi connectivity index (χ3v) is 4.76. The lowest BCUT2D eigenvalue weighted by Gasteiger charge is -2.19. The minimum absolute atomic E-state index is 0.0844. The van der Waals surface area contributed by atoms with Crippen LogP contribution in [0.3, 0.4) is 0 Å². The lowest BCUT2D eigenvalue weighted by Crippen LogP contribution is -2.10. The van der Waals surface area contributed by atoms with Gasteiger partial charge in [-0.3, -0.25) is 0 Å². The van der Waals surface area contributed by atoms with Gasteiger partial charge in [0.05, 0.1) is 10.4 Å². The summed E-state index contributed by atoms with van der Waals surface area (Å²) in [7, 11) is 0. The van der Waals surface area contributed by atoms with Gasteiger partial charge in [-0.25, -0.2) is 9.97 Å². The Kier molecular flexibility index (Phi) is 3.50. The number of hydrogen-bond donors (Lipinski definition) is 0. The molecular formula is C17H17ClN2S. The Bertz CT molecular complexity index is 815. The Morgan fingerprint density at radius 3 is 2.43 bits per heavy atom. The van der Waals surface area contributed by atoms with E-state index < -0.39 is 0 Å². The third kappa shape index (κ3) is 2.81. The summed E-state index contributed by atoms with van der Waals surface area (Å²) in [6.07, 6.45) is 0. The molecule has 1 aromatic carbocycles. The van der Waals surface area contributed by atoms with Gasteiger partial charge in [0.15, 0.2) is 5.82 Å². The Hall–Kier alpha value is -1.45. The third-order valence-electron chi connectivity index (χ3n) is 3.48. The Labute approximate surface area is 133 Å². The fourth-order valence-corrected chi connectivity index (χ4v) is 3.26. The van der Waals surface area contributed by atoms with E-state index in [1.165, 1.54) is 10.4 Å². The molecule has 0 spiro atoms. The van der Waals surface area contributed by atoms with E-state index in [0.717, 1.165) is 15.8 Å². The van der Waals surface area contributed by atoms with Gasteiger partial charge in [-0.05, 0) is 42.2 Å². The SMILES string of the molecule is Cc1ccc(-c2nc(Cl)c3cc(C(C)(C)C)ccc3n2)s1. The molecule has 0 N–H and O–H groups in total. The number of aryl methyl sites for hydroxylation is 1. The highest BCUT2D eigenvalue weighted by Crippen LogP contribution is 2.31. The summed E-state index contributed by atoms with van der Waals surface area (Å²) in [4.78, 5) is 11.4. The maximum Gasteiger partial charge on any atom is 0.171 e. The first-order valence-corrected chi connectivity index (χ1v) is 8.08. The predicted octanol–water partition coefficient (Wildman–Crippen LogP) is 5.62. The van der Waals surface area contributed by atoms with Crippen molar-refractivity contribution >= 4 is 33.8 Å². The van der Waals surface area contributed by atoms with E-state index in [4.69, 9.17) is 11.6 Å². The summed E-state index contributed by atoms with van der Waals surface area (Å²) in [5.41, 5.74) is 2.21. The van der Waals surface area contributed by atoms with E-state index in [1.54, 1.807) is 11.3 Å². The number of fused-ring (bicyclic) bond motifs is 1. The fraction of sp³-hybridized carbons (Fsp3) is 0.294. The zero-order chi connectivity index (χ0) is 15.2. The molecule has 0 saturated heterocycles. The van der Waals surface area contributed by atoms with Crippen LogP contribution in [0.4, 0.5) is 0 Å². The molecule has 2 heterocycles. The minimum Gasteiger partial charge on any atom is -0.227 e. The number of hydrogen-bond acceptors (Lipinski definition) is 3. The second-order valence-electron chi connectivity index (χ2n) is 6.23. The second kappa shape index (κ2) is 5.08. The van der Waals surface area contributed by atoms with Gasteiger partial charge >= 0.3 is 0 Å². The highest BCUT2D eigenvalue weighted by atomic mass is 35.5. The minimum atomic E-state index is 0.0844. The largest absolute Gasteiger partial charge is 0.227 e. The number of thiophene rings is 1. The number of aromatic nitrogens is 2. The van der Waals surface area contributed by atoms with Crippen LogP contribution in [0.5, 0.6) is 0 Å². The summed E-state index contributed by atoms with van der Waals surface area (Å²) >= 11 is 8.08. The molecule has 4 heteroatoms. The molecule has 0 fully saturated rings. The van der Waals surface area contributed by atoms with Gasteiger partial charge in [0.2, 0.25) is 0 Å². The van der Waals surface area contributed by atoms with E-state index in [9.17, 15) is 0 Å². The van der Waals surface area contributed by atoms with Crippen molar-refractivity contribution in [3.8, 4) is 10.7 Å². The van der Waals surface area contributed by atoms with Crippen LogP contribution in [-0.4, -0.2) is 9.97 Å². The van der Waals surface area contributed by atoms with Crippen molar-refractivity contribution in [3.63, 3.8) is 0 Å². The predicted molar refractivity (Wildman–Crippen MR) is 91.3 cm³/mol. The van der Waals surface area contributed by atoms with E-state index in [1.807, 2.05) is 12.1 Å². The summed E-state index contributed by atoms with van der Waals surface area (Å²) in [5.74, 6) is 0.703. The van der Waals surface area contributed by atoms with Crippen LogP contribution in [0.25, 0.3) is 21.6 Å². The summed E-state index contributed by atoms with van der Waals surface area (Å²) in [5, 5.41) is 1.44. The molecule has 0 saturated carbocycles. The van der Waals surface area contributed by atoms with E-state index in [0.29, 0.717) is 11.0 Å². The zero-order valence-electron chi connectivity index (χ0n) is 12.6. The second-order valence-corrected chi connectivity index (χ2v) is 7.88. The van der Waals surface area contributed by atoms with Crippen molar-refractivity contribution in [3.05, 3.63) is 45.9 Å². The molecule has 0 amide bonds. The molecule has 3 aromatic rings. The van der Waals surface area contributed by atoms with Gasteiger partial charge in [0.1, 0.15) is 5.15 Å². The Morgan fingerprint density at radius 2 is 1.81 bits per heavy atom. The average Bonchev–Trinajstić information content (AvgIpc) is 2.84. The summed E-state index contributed by atoms with van der Waals surface area (Å²) < 4.78 is 0. The normalized spacial score (nSPS) is 12.0. The van der Waals surface area contributed by atoms with Crippen molar-refractivity contribution in [2.75, 3.05) is 0 Å². The molecule has 0 aliphatic heterocycles. The standard InChI is InChI=1S/C17H17ClN2S/c1-10-5-8-14(21-10)16-19-13-7-6-11(17(2,3)4)9-12(13)15(18)20-16/h5-9H,1-4H3. The van der Waals surface area contributed by atoms with Crippen molar-refractivity contribution in [2.24, 2.45) is 0 Å². The monoisotopic (exact) mass is 316 g/mol. The van der Waals surface area contributed by atoms with Gasteiger partial charge in [0, 0.05) is 10.3 Å². The maximum absolute atomic E-state index is 6.39. The number of nitrogens with zero attached hydrogens (tertiary/aromatic N) is 2. The molecular weight excluding hydrogens is 300 g/mol. The molecule has 0 aliphatic rings. The smallest absolute Gasteiger partial charge is 0.171 e. The fourth-order valence-electron chi connectivity index (χ4n) is 2.22. The lowest BCUT2D eigenvalue weighted by molar-refractivity contribution is 0.591. The van der Waals surface area contributed by atoms with Crippen LogP contribution in [-0.2, 0) is 5.41 Å². The van der Waals surface area contributed by atoms with Crippen molar-refractivity contribution < 1.29 is 0 Å². The van der Waals surface area contributed by atoms with Crippen LogP contribution in [0.15, 0.2) is 30.3 Å². The van der Waals surface area contributed by atoms with Gasteiger partial charge < -0.3 is 0 Å². The highest BCUT2D eigenvalue weighted by molar-refractivity contribution is 7.15. The van der Waals surface area contributed by atoms with Crippen LogP contribution >= 0.6 is 22.9 Å². The first kappa shape index (κ1) is 14.5. The van der Waals surface area contributed by atoms with Crippen LogP contribution in [0, 0.1) is 6.92 Å². The maximum atomic E-state index is 6.39. The van der Waals surface area contributed by atoms with Gasteiger partial charge in [-0.15, -0.1) is 11.3 Å². The molecule has 3 rings (SSSR count). The molecule has 0 radical (unpaired) electrons. The molecule has 108 valence electrons. The zero-order valence-corrected chi connectivity index (χ0v) is 14.1. The summed E-state index contributed by atoms with van der Waals surface area (Å²) in [6.45, 7) is 8.63. The molecule has 2 nitrogen and oxygen atoms in total. The Balaban J connectivity index is 2.17. The van der Waals surface area contributed by atoms with Gasteiger partial charge in [-0.2, -0.15) is 0 Å². The Morgan fingerprint density at radius 1 is 1.05 bits per heavy atom. The summed E-state index contributed by atoms with van der Waals surface area (Å²) in [6, 6.07) is 10.4. The molecule has 0 unspecified atom stereocenters. The average molecular weight is 317 g/mol. The molecule has 0 aliphatic carbocycles. The quantitative estimate of drug-likeness (QED) is 0.545. The molecule has 21 heavy (non-hydrogen) atoms. The van der Waals surface area contributed by atoms with Gasteiger partial charge in [0.25, 0.3) is 0 Å². The van der Waals surface area contributed by atoms with E-state index in [-0.39, 0.29) is 5.41 Å². The van der Waals surface area contributed by atoms with Crippen molar-refractivity contribution in [1.82, 2.24) is 9.97 Å². The lowest BCUT2D eigenvalue weighted by atomic mass is 9.86. The number of halogens is 1. The molecule has 2 aromatic heterocycles. The van der Waals surface area contributed by atoms with Crippen LogP contribution < -0.4 is 0 Å². The van der Waals surface area contributed by atoms with E-state index >= 15 is 0 Å².